The molecule has 208 valence electrons. The van der Waals surface area contributed by atoms with E-state index in [-0.39, 0.29) is 30.0 Å². The number of halogens is 2. The first-order valence-electron chi connectivity index (χ1n) is 13.0. The molecule has 0 spiro atoms. The van der Waals surface area contributed by atoms with Gasteiger partial charge in [0.1, 0.15) is 5.15 Å². The fourth-order valence-corrected chi connectivity index (χ4v) is 4.85. The minimum absolute atomic E-state index is 0.0179. The van der Waals surface area contributed by atoms with E-state index in [1.807, 2.05) is 78.9 Å². The van der Waals surface area contributed by atoms with E-state index in [9.17, 15) is 9.90 Å². The molecule has 0 bridgehead atoms. The van der Waals surface area contributed by atoms with Crippen LogP contribution in [0.5, 0.6) is 0 Å². The number of aliphatic hydroxyl groups is 1. The van der Waals surface area contributed by atoms with Gasteiger partial charge in [0.15, 0.2) is 11.4 Å². The molecular formula is C30H30Cl2N4O4. The highest BCUT2D eigenvalue weighted by atomic mass is 35.5. The number of amides is 2. The van der Waals surface area contributed by atoms with Crippen LogP contribution in [0.4, 0.5) is 4.79 Å². The molecule has 1 saturated heterocycles. The van der Waals surface area contributed by atoms with Crippen molar-refractivity contribution in [2.45, 2.75) is 51.2 Å². The van der Waals surface area contributed by atoms with Crippen LogP contribution >= 0.6 is 23.2 Å². The van der Waals surface area contributed by atoms with Crippen molar-refractivity contribution in [3.05, 3.63) is 123 Å². The summed E-state index contributed by atoms with van der Waals surface area (Å²) >= 11 is 12.4. The third kappa shape index (κ3) is 7.21. The average Bonchev–Trinajstić information content (AvgIpc) is 3.31. The lowest BCUT2D eigenvalue weighted by Crippen LogP contribution is -2.34. The Balaban J connectivity index is 1.24. The van der Waals surface area contributed by atoms with Crippen molar-refractivity contribution in [1.82, 2.24) is 20.2 Å². The van der Waals surface area contributed by atoms with Gasteiger partial charge >= 0.3 is 6.03 Å². The fourth-order valence-electron chi connectivity index (χ4n) is 4.54. The Hall–Kier alpha value is -3.40. The second-order valence-electron chi connectivity index (χ2n) is 9.59. The van der Waals surface area contributed by atoms with Crippen LogP contribution in [0.15, 0.2) is 85.2 Å². The number of carbonyl (C=O) groups excluding carboxylic acids is 1. The summed E-state index contributed by atoms with van der Waals surface area (Å²) in [5.74, 6) is 0. The van der Waals surface area contributed by atoms with E-state index in [0.717, 1.165) is 27.8 Å². The van der Waals surface area contributed by atoms with Crippen LogP contribution in [-0.4, -0.2) is 26.8 Å². The SMILES string of the molecule is O=C(NCc1ccccc1)NCc1ccc([C@H]2O[C@@H](Cn3cnc(Cl)c3Cl)C[C@@H](c3ccc(CO)cc3)O2)cc1. The van der Waals surface area contributed by atoms with Gasteiger partial charge in [-0.1, -0.05) is 102 Å². The predicted octanol–water partition coefficient (Wildman–Crippen LogP) is 5.93. The maximum atomic E-state index is 12.2. The van der Waals surface area contributed by atoms with Gasteiger partial charge in [-0.15, -0.1) is 0 Å². The van der Waals surface area contributed by atoms with Gasteiger partial charge in [0.2, 0.25) is 0 Å². The molecule has 2 heterocycles. The molecule has 40 heavy (non-hydrogen) atoms. The number of aromatic nitrogens is 2. The molecule has 2 amide bonds. The highest BCUT2D eigenvalue weighted by Gasteiger charge is 2.32. The largest absolute Gasteiger partial charge is 0.392 e. The fraction of sp³-hybridized carbons (Fsp3) is 0.267. The number of hydrogen-bond acceptors (Lipinski definition) is 5. The summed E-state index contributed by atoms with van der Waals surface area (Å²) in [7, 11) is 0. The molecule has 0 radical (unpaired) electrons. The lowest BCUT2D eigenvalue weighted by Gasteiger charge is -2.36. The van der Waals surface area contributed by atoms with Gasteiger partial charge in [-0.2, -0.15) is 0 Å². The van der Waals surface area contributed by atoms with E-state index in [0.29, 0.717) is 31.2 Å². The first-order valence-corrected chi connectivity index (χ1v) is 13.8. The molecule has 3 N–H and O–H groups in total. The second-order valence-corrected chi connectivity index (χ2v) is 10.3. The Labute approximate surface area is 242 Å². The zero-order valence-electron chi connectivity index (χ0n) is 21.7. The number of aliphatic hydroxyl groups excluding tert-OH is 1. The lowest BCUT2D eigenvalue weighted by atomic mass is 10.00. The number of nitrogens with one attached hydrogen (secondary N) is 2. The van der Waals surface area contributed by atoms with Gasteiger partial charge in [-0.05, 0) is 22.3 Å². The van der Waals surface area contributed by atoms with E-state index < -0.39 is 6.29 Å². The van der Waals surface area contributed by atoms with E-state index in [1.165, 1.54) is 0 Å². The molecule has 1 aliphatic rings. The first kappa shape index (κ1) is 28.1. The molecule has 1 aliphatic heterocycles. The molecule has 3 atom stereocenters. The van der Waals surface area contributed by atoms with Gasteiger partial charge in [-0.25, -0.2) is 9.78 Å². The third-order valence-electron chi connectivity index (χ3n) is 6.75. The quantitative estimate of drug-likeness (QED) is 0.228. The van der Waals surface area contributed by atoms with Crippen molar-refractivity contribution in [3.63, 3.8) is 0 Å². The lowest BCUT2D eigenvalue weighted by molar-refractivity contribution is -0.252. The normalized spacial score (nSPS) is 18.8. The maximum absolute atomic E-state index is 12.2. The highest BCUT2D eigenvalue weighted by molar-refractivity contribution is 6.40. The monoisotopic (exact) mass is 580 g/mol. The standard InChI is InChI=1S/C30H30Cl2N4O4/c31-27-28(32)36(19-35-27)17-25-14-26(23-10-8-22(18-37)9-11-23)40-29(39-25)24-12-6-21(7-13-24)16-34-30(38)33-15-20-4-2-1-3-5-20/h1-13,19,25-26,29,37H,14-18H2,(H2,33,34,38)/t25-,26+,29+/m1/s1. The Kier molecular flexibility index (Phi) is 9.36. The molecular weight excluding hydrogens is 551 g/mol. The Morgan fingerprint density at radius 3 is 2.12 bits per heavy atom. The molecule has 3 aromatic carbocycles. The summed E-state index contributed by atoms with van der Waals surface area (Å²) in [6, 6.07) is 25.0. The molecule has 5 rings (SSSR count). The van der Waals surface area contributed by atoms with Crippen LogP contribution in [0, 0.1) is 0 Å². The Morgan fingerprint density at radius 1 is 0.875 bits per heavy atom. The molecule has 8 nitrogen and oxygen atoms in total. The van der Waals surface area contributed by atoms with Gasteiger partial charge < -0.3 is 29.8 Å². The highest BCUT2D eigenvalue weighted by Crippen LogP contribution is 2.39. The number of benzene rings is 3. The zero-order valence-corrected chi connectivity index (χ0v) is 23.2. The van der Waals surface area contributed by atoms with Gasteiger partial charge in [-0.3, -0.25) is 0 Å². The van der Waals surface area contributed by atoms with E-state index in [2.05, 4.69) is 15.6 Å². The number of urea groups is 1. The van der Waals surface area contributed by atoms with Crippen LogP contribution in [0.2, 0.25) is 10.3 Å². The van der Waals surface area contributed by atoms with Crippen LogP contribution in [0.3, 0.4) is 0 Å². The summed E-state index contributed by atoms with van der Waals surface area (Å²) < 4.78 is 14.5. The van der Waals surface area contributed by atoms with Crippen LogP contribution < -0.4 is 10.6 Å². The Bertz CT molecular complexity index is 1400. The number of carbonyl (C=O) groups is 1. The topological polar surface area (TPSA) is 97.6 Å². The molecule has 0 aliphatic carbocycles. The first-order chi connectivity index (χ1) is 19.5. The molecule has 1 fully saturated rings. The summed E-state index contributed by atoms with van der Waals surface area (Å²) in [6.07, 6.45) is 1.13. The number of ether oxygens (including phenoxy) is 2. The van der Waals surface area contributed by atoms with Crippen molar-refractivity contribution >= 4 is 29.2 Å². The van der Waals surface area contributed by atoms with Crippen molar-refractivity contribution in [1.29, 1.82) is 0 Å². The van der Waals surface area contributed by atoms with Gasteiger partial charge in [0.25, 0.3) is 0 Å². The molecule has 0 saturated carbocycles. The van der Waals surface area contributed by atoms with Gasteiger partial charge in [0, 0.05) is 25.1 Å². The summed E-state index contributed by atoms with van der Waals surface area (Å²) in [6.45, 7) is 1.29. The molecule has 4 aromatic rings. The average molecular weight is 582 g/mol. The molecule has 10 heteroatoms. The molecule has 1 aromatic heterocycles. The van der Waals surface area contributed by atoms with E-state index in [1.54, 1.807) is 10.9 Å². The van der Waals surface area contributed by atoms with Crippen molar-refractivity contribution in [2.75, 3.05) is 0 Å². The summed E-state index contributed by atoms with van der Waals surface area (Å²) in [5, 5.41) is 15.8. The minimum Gasteiger partial charge on any atom is -0.392 e. The van der Waals surface area contributed by atoms with Crippen molar-refractivity contribution in [2.24, 2.45) is 0 Å². The van der Waals surface area contributed by atoms with Gasteiger partial charge in [0.05, 0.1) is 31.7 Å². The van der Waals surface area contributed by atoms with Crippen molar-refractivity contribution < 1.29 is 19.4 Å². The van der Waals surface area contributed by atoms with Crippen LogP contribution in [0.25, 0.3) is 0 Å². The zero-order chi connectivity index (χ0) is 27.9. The minimum atomic E-state index is -0.616. The second kappa shape index (κ2) is 13.3. The predicted molar refractivity (Wildman–Crippen MR) is 153 cm³/mol. The number of imidazole rings is 1. The summed E-state index contributed by atoms with van der Waals surface area (Å²) in [5.41, 5.74) is 4.67. The maximum Gasteiger partial charge on any atom is 0.315 e. The van der Waals surface area contributed by atoms with Crippen LogP contribution in [0.1, 0.15) is 46.6 Å². The van der Waals surface area contributed by atoms with Crippen molar-refractivity contribution in [3.8, 4) is 0 Å². The number of rotatable bonds is 9. The molecule has 0 unspecified atom stereocenters. The smallest absolute Gasteiger partial charge is 0.315 e. The number of nitrogens with zero attached hydrogens (tertiary/aromatic N) is 2. The third-order valence-corrected chi connectivity index (χ3v) is 7.52. The Morgan fingerprint density at radius 2 is 1.50 bits per heavy atom. The summed E-state index contributed by atoms with van der Waals surface area (Å²) in [4.78, 5) is 16.3. The van der Waals surface area contributed by atoms with E-state index >= 15 is 0 Å². The van der Waals surface area contributed by atoms with Crippen LogP contribution in [-0.2, 0) is 35.7 Å². The number of hydrogen-bond donors (Lipinski definition) is 3. The van der Waals surface area contributed by atoms with E-state index in [4.69, 9.17) is 32.7 Å².